The minimum Gasteiger partial charge on any atom is -0.468 e. The molecule has 0 aromatic heterocycles. The molecule has 0 unspecified atom stereocenters. The third-order valence-electron chi connectivity index (χ3n) is 3.56. The normalized spacial score (nSPS) is 15.2. The van der Waals surface area contributed by atoms with Crippen molar-refractivity contribution >= 4 is 17.8 Å². The lowest BCUT2D eigenvalue weighted by Gasteiger charge is -2.35. The largest absolute Gasteiger partial charge is 0.468 e. The number of methoxy groups -OCH3 is 1. The molecule has 0 aromatic carbocycles. The summed E-state index contributed by atoms with van der Waals surface area (Å²) in [6.45, 7) is 6.81. The molecule has 0 bridgehead atoms. The Kier molecular flexibility index (Phi) is 7.14. The standard InChI is InChI=1S/C14H25N3O4/c1-4-5-15(11-14(20)21-3)10-13(19)17-8-6-16(7-9-17)12(2)18/h4-11H2,1-3H3. The number of carbonyl (C=O) groups excluding carboxylic acids is 3. The van der Waals surface area contributed by atoms with E-state index in [4.69, 9.17) is 0 Å². The molecular weight excluding hydrogens is 274 g/mol. The van der Waals surface area contributed by atoms with Crippen LogP contribution in [-0.2, 0) is 19.1 Å². The lowest BCUT2D eigenvalue weighted by atomic mass is 10.3. The molecule has 1 aliphatic rings. The van der Waals surface area contributed by atoms with Crippen LogP contribution in [0.1, 0.15) is 20.3 Å². The van der Waals surface area contributed by atoms with Crippen LogP contribution in [0.15, 0.2) is 0 Å². The van der Waals surface area contributed by atoms with Gasteiger partial charge in [-0.05, 0) is 13.0 Å². The first-order valence-electron chi connectivity index (χ1n) is 7.30. The molecule has 1 heterocycles. The van der Waals surface area contributed by atoms with E-state index in [9.17, 15) is 14.4 Å². The van der Waals surface area contributed by atoms with E-state index >= 15 is 0 Å². The monoisotopic (exact) mass is 299 g/mol. The van der Waals surface area contributed by atoms with E-state index in [-0.39, 0.29) is 30.9 Å². The van der Waals surface area contributed by atoms with Crippen molar-refractivity contribution in [1.82, 2.24) is 14.7 Å². The molecule has 0 radical (unpaired) electrons. The van der Waals surface area contributed by atoms with E-state index in [1.807, 2.05) is 6.92 Å². The van der Waals surface area contributed by atoms with Gasteiger partial charge in [0.05, 0.1) is 20.2 Å². The summed E-state index contributed by atoms with van der Waals surface area (Å²) < 4.78 is 4.64. The van der Waals surface area contributed by atoms with E-state index < -0.39 is 0 Å². The zero-order chi connectivity index (χ0) is 15.8. The highest BCUT2D eigenvalue weighted by molar-refractivity contribution is 5.80. The van der Waals surface area contributed by atoms with Gasteiger partial charge in [-0.2, -0.15) is 0 Å². The van der Waals surface area contributed by atoms with Gasteiger partial charge in [0.25, 0.3) is 0 Å². The second kappa shape index (κ2) is 8.61. The second-order valence-corrected chi connectivity index (χ2v) is 5.17. The van der Waals surface area contributed by atoms with Gasteiger partial charge in [-0.3, -0.25) is 19.3 Å². The van der Waals surface area contributed by atoms with Gasteiger partial charge in [0.15, 0.2) is 0 Å². The van der Waals surface area contributed by atoms with Crippen LogP contribution in [0.25, 0.3) is 0 Å². The van der Waals surface area contributed by atoms with Crippen LogP contribution in [0, 0.1) is 0 Å². The highest BCUT2D eigenvalue weighted by Crippen LogP contribution is 2.04. The smallest absolute Gasteiger partial charge is 0.319 e. The summed E-state index contributed by atoms with van der Waals surface area (Å²) >= 11 is 0. The molecule has 1 fully saturated rings. The molecule has 1 saturated heterocycles. The molecule has 1 rings (SSSR count). The maximum absolute atomic E-state index is 12.3. The van der Waals surface area contributed by atoms with Crippen molar-refractivity contribution in [3.8, 4) is 0 Å². The first kappa shape index (κ1) is 17.4. The van der Waals surface area contributed by atoms with E-state index in [2.05, 4.69) is 4.74 Å². The summed E-state index contributed by atoms with van der Waals surface area (Å²) in [5, 5.41) is 0. The summed E-state index contributed by atoms with van der Waals surface area (Å²) in [4.78, 5) is 40.1. The van der Waals surface area contributed by atoms with Gasteiger partial charge >= 0.3 is 5.97 Å². The van der Waals surface area contributed by atoms with Crippen molar-refractivity contribution in [3.63, 3.8) is 0 Å². The van der Waals surface area contributed by atoms with Crippen LogP contribution < -0.4 is 0 Å². The molecule has 0 atom stereocenters. The quantitative estimate of drug-likeness (QED) is 0.622. The lowest BCUT2D eigenvalue weighted by Crippen LogP contribution is -2.52. The van der Waals surface area contributed by atoms with Crippen LogP contribution in [0.4, 0.5) is 0 Å². The molecule has 120 valence electrons. The summed E-state index contributed by atoms with van der Waals surface area (Å²) in [5.74, 6) is -0.298. The maximum atomic E-state index is 12.3. The number of nitrogens with zero attached hydrogens (tertiary/aromatic N) is 3. The first-order chi connectivity index (χ1) is 9.97. The number of amides is 2. The Morgan fingerprint density at radius 3 is 2.10 bits per heavy atom. The van der Waals surface area contributed by atoms with E-state index in [0.29, 0.717) is 32.7 Å². The summed E-state index contributed by atoms with van der Waals surface area (Å²) in [7, 11) is 1.34. The number of ether oxygens (including phenoxy) is 1. The Balaban J connectivity index is 2.46. The molecule has 2 amide bonds. The average molecular weight is 299 g/mol. The zero-order valence-corrected chi connectivity index (χ0v) is 13.1. The van der Waals surface area contributed by atoms with Gasteiger partial charge < -0.3 is 14.5 Å². The van der Waals surface area contributed by atoms with Gasteiger partial charge in [0, 0.05) is 33.1 Å². The third kappa shape index (κ3) is 5.71. The average Bonchev–Trinajstić information content (AvgIpc) is 2.47. The number of hydrogen-bond donors (Lipinski definition) is 0. The fourth-order valence-electron chi connectivity index (χ4n) is 2.34. The molecule has 0 aliphatic carbocycles. The molecule has 0 N–H and O–H groups in total. The minimum absolute atomic E-state index is 0.00412. The summed E-state index contributed by atoms with van der Waals surface area (Å²) in [6, 6.07) is 0. The van der Waals surface area contributed by atoms with E-state index in [0.717, 1.165) is 6.42 Å². The fraction of sp³-hybridized carbons (Fsp3) is 0.786. The van der Waals surface area contributed by atoms with Crippen molar-refractivity contribution in [3.05, 3.63) is 0 Å². The number of esters is 1. The Labute approximate surface area is 125 Å². The maximum Gasteiger partial charge on any atom is 0.319 e. The van der Waals surface area contributed by atoms with Crippen molar-refractivity contribution < 1.29 is 19.1 Å². The highest BCUT2D eigenvalue weighted by Gasteiger charge is 2.24. The van der Waals surface area contributed by atoms with Crippen molar-refractivity contribution in [2.75, 3.05) is 52.9 Å². The molecule has 1 aliphatic heterocycles. The van der Waals surface area contributed by atoms with Gasteiger partial charge in [-0.15, -0.1) is 0 Å². The highest BCUT2D eigenvalue weighted by atomic mass is 16.5. The fourth-order valence-corrected chi connectivity index (χ4v) is 2.34. The summed E-state index contributed by atoms with van der Waals surface area (Å²) in [5.41, 5.74) is 0. The topological polar surface area (TPSA) is 70.2 Å². The van der Waals surface area contributed by atoms with Crippen molar-refractivity contribution in [1.29, 1.82) is 0 Å². The van der Waals surface area contributed by atoms with Crippen LogP contribution >= 0.6 is 0 Å². The Morgan fingerprint density at radius 2 is 1.62 bits per heavy atom. The number of carbonyl (C=O) groups is 3. The lowest BCUT2D eigenvalue weighted by molar-refractivity contribution is -0.144. The Hall–Kier alpha value is -1.63. The molecule has 7 nitrogen and oxygen atoms in total. The van der Waals surface area contributed by atoms with E-state index in [1.54, 1.807) is 14.7 Å². The molecular formula is C14H25N3O4. The summed E-state index contributed by atoms with van der Waals surface area (Å²) in [6.07, 6.45) is 0.863. The third-order valence-corrected chi connectivity index (χ3v) is 3.56. The Bertz CT molecular complexity index is 378. The van der Waals surface area contributed by atoms with Gasteiger partial charge in [0.1, 0.15) is 0 Å². The van der Waals surface area contributed by atoms with E-state index in [1.165, 1.54) is 14.0 Å². The van der Waals surface area contributed by atoms with Gasteiger partial charge in [-0.1, -0.05) is 6.92 Å². The SMILES string of the molecule is CCCN(CC(=O)OC)CC(=O)N1CCN(C(C)=O)CC1. The molecule has 0 saturated carbocycles. The second-order valence-electron chi connectivity index (χ2n) is 5.17. The van der Waals surface area contributed by atoms with Crippen LogP contribution in [-0.4, -0.2) is 85.4 Å². The van der Waals surface area contributed by atoms with Crippen LogP contribution in [0.2, 0.25) is 0 Å². The number of rotatable bonds is 6. The first-order valence-corrected chi connectivity index (χ1v) is 7.30. The number of hydrogen-bond acceptors (Lipinski definition) is 5. The number of piperazine rings is 1. The predicted molar refractivity (Wildman–Crippen MR) is 77.6 cm³/mol. The van der Waals surface area contributed by atoms with Crippen molar-refractivity contribution in [2.24, 2.45) is 0 Å². The molecule has 21 heavy (non-hydrogen) atoms. The minimum atomic E-state index is -0.336. The molecule has 7 heteroatoms. The van der Waals surface area contributed by atoms with Crippen LogP contribution in [0.5, 0.6) is 0 Å². The molecule has 0 spiro atoms. The molecule has 0 aromatic rings. The van der Waals surface area contributed by atoms with Crippen molar-refractivity contribution in [2.45, 2.75) is 20.3 Å². The van der Waals surface area contributed by atoms with Crippen LogP contribution in [0.3, 0.4) is 0 Å². The zero-order valence-electron chi connectivity index (χ0n) is 13.1. The van der Waals surface area contributed by atoms with Gasteiger partial charge in [-0.25, -0.2) is 0 Å². The van der Waals surface area contributed by atoms with Gasteiger partial charge in [0.2, 0.25) is 11.8 Å². The Morgan fingerprint density at radius 1 is 1.05 bits per heavy atom. The predicted octanol–water partition coefficient (Wildman–Crippen LogP) is -0.438.